The Labute approximate surface area is 148 Å². The zero-order chi connectivity index (χ0) is 18.1. The van der Waals surface area contributed by atoms with E-state index in [1.54, 1.807) is 14.2 Å². The Bertz CT molecular complexity index is 1110. The van der Waals surface area contributed by atoms with Gasteiger partial charge in [-0.15, -0.1) is 0 Å². The summed E-state index contributed by atoms with van der Waals surface area (Å²) in [5, 5.41) is 2.98. The van der Waals surface area contributed by atoms with Gasteiger partial charge in [-0.2, -0.15) is 9.50 Å². The van der Waals surface area contributed by atoms with Crippen molar-refractivity contribution in [1.29, 1.82) is 0 Å². The van der Waals surface area contributed by atoms with Crippen LogP contribution in [-0.4, -0.2) is 33.8 Å². The average molecular weight is 348 g/mol. The molecule has 0 unspecified atom stereocenters. The number of methoxy groups -OCH3 is 2. The lowest BCUT2D eigenvalue weighted by Crippen LogP contribution is -2.14. The molecule has 0 spiro atoms. The highest BCUT2D eigenvalue weighted by molar-refractivity contribution is 5.63. The standard InChI is InChI=1S/C19H16N4O3/c1-25-14-7-3-12(4-8-14)16-11-17(24)23-19(20-16)21-18(22-23)13-5-9-15(26-2)10-6-13/h3-11H,1-2H3,(H,20,21,22). The van der Waals surface area contributed by atoms with Crippen LogP contribution in [0.2, 0.25) is 0 Å². The van der Waals surface area contributed by atoms with E-state index in [2.05, 4.69) is 15.1 Å². The average Bonchev–Trinajstić information content (AvgIpc) is 3.13. The molecule has 2 aromatic carbocycles. The molecule has 0 fully saturated rings. The molecule has 0 saturated heterocycles. The highest BCUT2D eigenvalue weighted by Crippen LogP contribution is 2.22. The van der Waals surface area contributed by atoms with Crippen molar-refractivity contribution < 1.29 is 9.47 Å². The van der Waals surface area contributed by atoms with Gasteiger partial charge in [0, 0.05) is 17.2 Å². The maximum absolute atomic E-state index is 12.4. The van der Waals surface area contributed by atoms with Gasteiger partial charge in [-0.1, -0.05) is 0 Å². The maximum Gasteiger partial charge on any atom is 0.274 e. The minimum atomic E-state index is -0.229. The molecule has 0 aliphatic carbocycles. The Morgan fingerprint density at radius 2 is 1.42 bits per heavy atom. The zero-order valence-corrected chi connectivity index (χ0v) is 14.3. The molecular weight excluding hydrogens is 332 g/mol. The summed E-state index contributed by atoms with van der Waals surface area (Å²) >= 11 is 0. The first-order valence-corrected chi connectivity index (χ1v) is 7.96. The fourth-order valence-corrected chi connectivity index (χ4v) is 2.67. The van der Waals surface area contributed by atoms with E-state index in [4.69, 9.17) is 9.47 Å². The third kappa shape index (κ3) is 2.79. The monoisotopic (exact) mass is 348 g/mol. The predicted molar refractivity (Wildman–Crippen MR) is 97.6 cm³/mol. The maximum atomic E-state index is 12.4. The Hall–Kier alpha value is -3.61. The number of rotatable bonds is 4. The summed E-state index contributed by atoms with van der Waals surface area (Å²) in [6.07, 6.45) is 0. The van der Waals surface area contributed by atoms with Crippen molar-refractivity contribution in [1.82, 2.24) is 19.6 Å². The number of aromatic nitrogens is 4. The largest absolute Gasteiger partial charge is 0.497 e. The molecule has 0 saturated carbocycles. The first-order chi connectivity index (χ1) is 12.7. The molecule has 0 amide bonds. The van der Waals surface area contributed by atoms with E-state index >= 15 is 0 Å². The fourth-order valence-electron chi connectivity index (χ4n) is 2.67. The van der Waals surface area contributed by atoms with Crippen LogP contribution in [0.15, 0.2) is 59.4 Å². The quantitative estimate of drug-likeness (QED) is 0.613. The lowest BCUT2D eigenvalue weighted by molar-refractivity contribution is 0.415. The van der Waals surface area contributed by atoms with Gasteiger partial charge in [-0.05, 0) is 48.5 Å². The van der Waals surface area contributed by atoms with Crippen molar-refractivity contribution in [3.63, 3.8) is 0 Å². The van der Waals surface area contributed by atoms with Crippen molar-refractivity contribution in [3.8, 4) is 34.1 Å². The van der Waals surface area contributed by atoms with E-state index in [-0.39, 0.29) is 5.56 Å². The van der Waals surface area contributed by atoms with Crippen molar-refractivity contribution in [2.75, 3.05) is 14.2 Å². The highest BCUT2D eigenvalue weighted by atomic mass is 16.5. The fraction of sp³-hybridized carbons (Fsp3) is 0.105. The van der Waals surface area contributed by atoms with Gasteiger partial charge >= 0.3 is 0 Å². The third-order valence-corrected chi connectivity index (χ3v) is 4.08. The second kappa shape index (κ2) is 6.36. The minimum absolute atomic E-state index is 0.229. The number of nitrogens with zero attached hydrogens (tertiary/aromatic N) is 3. The van der Waals surface area contributed by atoms with Crippen LogP contribution in [0.4, 0.5) is 0 Å². The van der Waals surface area contributed by atoms with Gasteiger partial charge in [0.15, 0.2) is 5.82 Å². The van der Waals surface area contributed by atoms with Crippen LogP contribution in [0.25, 0.3) is 28.4 Å². The first-order valence-electron chi connectivity index (χ1n) is 7.96. The van der Waals surface area contributed by atoms with Gasteiger partial charge in [-0.3, -0.25) is 9.89 Å². The summed E-state index contributed by atoms with van der Waals surface area (Å²) in [7, 11) is 3.22. The van der Waals surface area contributed by atoms with Gasteiger partial charge in [0.05, 0.1) is 19.9 Å². The summed E-state index contributed by atoms with van der Waals surface area (Å²) in [4.78, 5) is 21.4. The Balaban J connectivity index is 1.77. The van der Waals surface area contributed by atoms with Crippen molar-refractivity contribution in [3.05, 3.63) is 65.0 Å². The van der Waals surface area contributed by atoms with E-state index < -0.39 is 0 Å². The number of hydrogen-bond donors (Lipinski definition) is 1. The number of hydrogen-bond acceptors (Lipinski definition) is 5. The van der Waals surface area contributed by atoms with Crippen LogP contribution < -0.4 is 15.0 Å². The molecular formula is C19H16N4O3. The number of fused-ring (bicyclic) bond motifs is 1. The smallest absolute Gasteiger partial charge is 0.274 e. The molecule has 2 aromatic heterocycles. The SMILES string of the molecule is COc1ccc(-c2cc(=O)n3[nH]c(-c4ccc(OC)cc4)nc3n2)cc1. The molecule has 26 heavy (non-hydrogen) atoms. The molecule has 7 nitrogen and oxygen atoms in total. The highest BCUT2D eigenvalue weighted by Gasteiger charge is 2.11. The normalized spacial score (nSPS) is 10.8. The van der Waals surface area contributed by atoms with E-state index in [1.165, 1.54) is 10.6 Å². The molecule has 4 rings (SSSR count). The molecule has 0 bridgehead atoms. The minimum Gasteiger partial charge on any atom is -0.497 e. The van der Waals surface area contributed by atoms with Crippen LogP contribution in [0, 0.1) is 0 Å². The number of nitrogens with one attached hydrogen (secondary N) is 1. The zero-order valence-electron chi connectivity index (χ0n) is 14.3. The molecule has 0 aliphatic heterocycles. The van der Waals surface area contributed by atoms with Crippen LogP contribution in [0.3, 0.4) is 0 Å². The van der Waals surface area contributed by atoms with Gasteiger partial charge in [-0.25, -0.2) is 4.98 Å². The lowest BCUT2D eigenvalue weighted by atomic mass is 10.1. The molecule has 0 radical (unpaired) electrons. The van der Waals surface area contributed by atoms with Crippen LogP contribution in [0.1, 0.15) is 0 Å². The van der Waals surface area contributed by atoms with Crippen molar-refractivity contribution in [2.24, 2.45) is 0 Å². The summed E-state index contributed by atoms with van der Waals surface area (Å²) in [6, 6.07) is 16.2. The number of aromatic amines is 1. The summed E-state index contributed by atoms with van der Waals surface area (Å²) < 4.78 is 11.6. The topological polar surface area (TPSA) is 81.5 Å². The summed E-state index contributed by atoms with van der Waals surface area (Å²) in [6.45, 7) is 0. The van der Waals surface area contributed by atoms with Crippen LogP contribution in [-0.2, 0) is 0 Å². The number of benzene rings is 2. The second-order valence-electron chi connectivity index (χ2n) is 5.64. The molecule has 1 N–H and O–H groups in total. The van der Waals surface area contributed by atoms with E-state index in [1.807, 2.05) is 48.5 Å². The number of H-pyrrole nitrogens is 1. The van der Waals surface area contributed by atoms with E-state index in [0.29, 0.717) is 17.3 Å². The van der Waals surface area contributed by atoms with Crippen LogP contribution >= 0.6 is 0 Å². The molecule has 4 aromatic rings. The van der Waals surface area contributed by atoms with E-state index in [9.17, 15) is 4.79 Å². The Morgan fingerprint density at radius 1 is 0.846 bits per heavy atom. The lowest BCUT2D eigenvalue weighted by Gasteiger charge is -2.02. The van der Waals surface area contributed by atoms with Gasteiger partial charge in [0.1, 0.15) is 11.5 Å². The Kier molecular flexibility index (Phi) is 3.89. The summed E-state index contributed by atoms with van der Waals surface area (Å²) in [5.41, 5.74) is 1.99. The van der Waals surface area contributed by atoms with Crippen molar-refractivity contribution >= 4 is 5.78 Å². The molecule has 2 heterocycles. The van der Waals surface area contributed by atoms with Gasteiger partial charge in [0.25, 0.3) is 11.3 Å². The second-order valence-corrected chi connectivity index (χ2v) is 5.64. The van der Waals surface area contributed by atoms with Crippen LogP contribution in [0.5, 0.6) is 11.5 Å². The third-order valence-electron chi connectivity index (χ3n) is 4.08. The molecule has 0 aliphatic rings. The molecule has 130 valence electrons. The van der Waals surface area contributed by atoms with Gasteiger partial charge < -0.3 is 9.47 Å². The van der Waals surface area contributed by atoms with Gasteiger partial charge in [0.2, 0.25) is 0 Å². The summed E-state index contributed by atoms with van der Waals surface area (Å²) in [5.74, 6) is 2.37. The first kappa shape index (κ1) is 15.9. The van der Waals surface area contributed by atoms with Crippen molar-refractivity contribution in [2.45, 2.75) is 0 Å². The Morgan fingerprint density at radius 3 is 2.00 bits per heavy atom. The predicted octanol–water partition coefficient (Wildman–Crippen LogP) is 2.77. The molecule has 0 atom stereocenters. The number of ether oxygens (including phenoxy) is 2. The molecule has 7 heteroatoms. The van der Waals surface area contributed by atoms with E-state index in [0.717, 1.165) is 22.6 Å².